The Morgan fingerprint density at radius 2 is 1.81 bits per heavy atom. The van der Waals surface area contributed by atoms with E-state index in [1.54, 1.807) is 0 Å². The fourth-order valence-electron chi connectivity index (χ4n) is 3.50. The zero-order valence-corrected chi connectivity index (χ0v) is 14.0. The predicted molar refractivity (Wildman–Crippen MR) is 85.4 cm³/mol. The van der Waals surface area contributed by atoms with Crippen LogP contribution >= 0.6 is 0 Å². The van der Waals surface area contributed by atoms with E-state index in [-0.39, 0.29) is 12.1 Å². The summed E-state index contributed by atoms with van der Waals surface area (Å²) < 4.78 is 5.33. The van der Waals surface area contributed by atoms with Gasteiger partial charge in [0.1, 0.15) is 5.60 Å². The average Bonchev–Trinajstić information content (AvgIpc) is 2.62. The third-order valence-electron chi connectivity index (χ3n) is 4.48. The van der Waals surface area contributed by atoms with Crippen molar-refractivity contribution in [2.45, 2.75) is 77.4 Å². The van der Waals surface area contributed by atoms with E-state index in [0.717, 1.165) is 25.4 Å². The molecular weight excluding hydrogens is 264 g/mol. The van der Waals surface area contributed by atoms with Crippen LogP contribution in [0.15, 0.2) is 0 Å². The third kappa shape index (κ3) is 6.25. The fraction of sp³-hybridized carbons (Fsp3) is 0.941. The van der Waals surface area contributed by atoms with Gasteiger partial charge in [0.25, 0.3) is 0 Å². The van der Waals surface area contributed by atoms with Crippen LogP contribution in [0.4, 0.5) is 4.79 Å². The minimum Gasteiger partial charge on any atom is -0.444 e. The molecule has 1 amide bonds. The minimum absolute atomic E-state index is 0.255. The molecule has 1 saturated heterocycles. The number of carbonyl (C=O) groups is 1. The zero-order chi connectivity index (χ0) is 15.3. The molecule has 0 unspecified atom stereocenters. The molecule has 122 valence electrons. The SMILES string of the molecule is CC(C)(C)OC(=O)N[C@@H]1CCN(CC2CCCCCC2)C1. The van der Waals surface area contributed by atoms with E-state index in [0.29, 0.717) is 0 Å². The lowest BCUT2D eigenvalue weighted by molar-refractivity contribution is 0.0505. The van der Waals surface area contributed by atoms with E-state index in [4.69, 9.17) is 4.74 Å². The van der Waals surface area contributed by atoms with Gasteiger partial charge >= 0.3 is 6.09 Å². The Hall–Kier alpha value is -0.770. The number of carbonyl (C=O) groups excluding carboxylic acids is 1. The van der Waals surface area contributed by atoms with Crippen molar-refractivity contribution in [2.24, 2.45) is 5.92 Å². The Morgan fingerprint density at radius 3 is 2.43 bits per heavy atom. The second kappa shape index (κ2) is 7.48. The zero-order valence-electron chi connectivity index (χ0n) is 14.0. The Balaban J connectivity index is 1.69. The number of nitrogens with zero attached hydrogens (tertiary/aromatic N) is 1. The van der Waals surface area contributed by atoms with Gasteiger partial charge < -0.3 is 15.0 Å². The second-order valence-corrected chi connectivity index (χ2v) is 7.75. The van der Waals surface area contributed by atoms with Gasteiger partial charge in [0, 0.05) is 25.7 Å². The molecule has 1 saturated carbocycles. The summed E-state index contributed by atoms with van der Waals surface area (Å²) in [4.78, 5) is 14.3. The number of nitrogens with one attached hydrogen (secondary N) is 1. The molecule has 1 aliphatic heterocycles. The molecule has 1 N–H and O–H groups in total. The number of alkyl carbamates (subject to hydrolysis) is 1. The lowest BCUT2D eigenvalue weighted by Gasteiger charge is -2.24. The van der Waals surface area contributed by atoms with Crippen LogP contribution in [-0.2, 0) is 4.74 Å². The van der Waals surface area contributed by atoms with Gasteiger partial charge in [0.15, 0.2) is 0 Å². The van der Waals surface area contributed by atoms with Gasteiger partial charge in [-0.05, 0) is 46.0 Å². The standard InChI is InChI=1S/C17H32N2O2/c1-17(2,3)21-16(20)18-15-10-11-19(13-15)12-14-8-6-4-5-7-9-14/h14-15H,4-13H2,1-3H3,(H,18,20)/t15-/m1/s1. The van der Waals surface area contributed by atoms with Crippen molar-refractivity contribution in [3.8, 4) is 0 Å². The molecule has 0 aromatic rings. The first-order valence-electron chi connectivity index (χ1n) is 8.64. The Morgan fingerprint density at radius 1 is 1.14 bits per heavy atom. The Bertz CT molecular complexity index is 330. The van der Waals surface area contributed by atoms with E-state index in [9.17, 15) is 4.79 Å². The topological polar surface area (TPSA) is 41.6 Å². The van der Waals surface area contributed by atoms with Gasteiger partial charge in [-0.25, -0.2) is 4.79 Å². The number of hydrogen-bond donors (Lipinski definition) is 1. The van der Waals surface area contributed by atoms with Crippen molar-refractivity contribution in [3.05, 3.63) is 0 Å². The first kappa shape index (κ1) is 16.6. The van der Waals surface area contributed by atoms with Gasteiger partial charge in [0.05, 0.1) is 0 Å². The molecule has 0 spiro atoms. The van der Waals surface area contributed by atoms with Crippen molar-refractivity contribution in [1.29, 1.82) is 0 Å². The van der Waals surface area contributed by atoms with Gasteiger partial charge in [0.2, 0.25) is 0 Å². The molecule has 1 aliphatic carbocycles. The molecule has 0 radical (unpaired) electrons. The van der Waals surface area contributed by atoms with Crippen LogP contribution in [0.5, 0.6) is 0 Å². The van der Waals surface area contributed by atoms with Crippen LogP contribution in [-0.4, -0.2) is 42.3 Å². The van der Waals surface area contributed by atoms with Gasteiger partial charge in [-0.2, -0.15) is 0 Å². The summed E-state index contributed by atoms with van der Waals surface area (Å²) in [5, 5.41) is 3.01. The number of likely N-dealkylation sites (tertiary alicyclic amines) is 1. The predicted octanol–water partition coefficient (Wildman–Crippen LogP) is 3.56. The van der Waals surface area contributed by atoms with E-state index >= 15 is 0 Å². The van der Waals surface area contributed by atoms with Crippen LogP contribution in [0.3, 0.4) is 0 Å². The highest BCUT2D eigenvalue weighted by Gasteiger charge is 2.27. The van der Waals surface area contributed by atoms with Gasteiger partial charge in [-0.1, -0.05) is 25.7 Å². The van der Waals surface area contributed by atoms with Crippen molar-refractivity contribution in [3.63, 3.8) is 0 Å². The average molecular weight is 296 g/mol. The molecule has 0 bridgehead atoms. The summed E-state index contributed by atoms with van der Waals surface area (Å²) in [5.74, 6) is 0.868. The number of amides is 1. The molecule has 2 rings (SSSR count). The monoisotopic (exact) mass is 296 g/mol. The maximum Gasteiger partial charge on any atom is 0.407 e. The molecule has 0 aromatic carbocycles. The van der Waals surface area contributed by atoms with E-state index in [1.807, 2.05) is 20.8 Å². The van der Waals surface area contributed by atoms with Crippen molar-refractivity contribution >= 4 is 6.09 Å². The van der Waals surface area contributed by atoms with E-state index in [2.05, 4.69) is 10.2 Å². The van der Waals surface area contributed by atoms with E-state index < -0.39 is 5.60 Å². The summed E-state index contributed by atoms with van der Waals surface area (Å²) in [6, 6.07) is 0.255. The highest BCUT2D eigenvalue weighted by Crippen LogP contribution is 2.25. The van der Waals surface area contributed by atoms with Crippen LogP contribution < -0.4 is 5.32 Å². The number of ether oxygens (including phenoxy) is 1. The van der Waals surface area contributed by atoms with Crippen molar-refractivity contribution in [1.82, 2.24) is 10.2 Å². The molecule has 4 heteroatoms. The smallest absolute Gasteiger partial charge is 0.407 e. The largest absolute Gasteiger partial charge is 0.444 e. The number of hydrogen-bond acceptors (Lipinski definition) is 3. The molecule has 4 nitrogen and oxygen atoms in total. The first-order chi connectivity index (χ1) is 9.92. The Kier molecular flexibility index (Phi) is 5.91. The van der Waals surface area contributed by atoms with Gasteiger partial charge in [-0.15, -0.1) is 0 Å². The van der Waals surface area contributed by atoms with Crippen molar-refractivity contribution < 1.29 is 9.53 Å². The summed E-state index contributed by atoms with van der Waals surface area (Å²) in [7, 11) is 0. The quantitative estimate of drug-likeness (QED) is 0.810. The molecule has 1 atom stereocenters. The van der Waals surface area contributed by atoms with Crippen LogP contribution in [0.2, 0.25) is 0 Å². The van der Waals surface area contributed by atoms with Crippen molar-refractivity contribution in [2.75, 3.05) is 19.6 Å². The summed E-state index contributed by atoms with van der Waals surface area (Å²) in [6.07, 6.45) is 9.19. The maximum absolute atomic E-state index is 11.8. The minimum atomic E-state index is -0.414. The summed E-state index contributed by atoms with van der Waals surface area (Å²) in [5.41, 5.74) is -0.414. The highest BCUT2D eigenvalue weighted by molar-refractivity contribution is 5.68. The fourth-order valence-corrected chi connectivity index (χ4v) is 3.50. The molecular formula is C17H32N2O2. The third-order valence-corrected chi connectivity index (χ3v) is 4.48. The molecule has 0 aromatic heterocycles. The first-order valence-corrected chi connectivity index (χ1v) is 8.64. The van der Waals surface area contributed by atoms with Crippen LogP contribution in [0.1, 0.15) is 65.7 Å². The van der Waals surface area contributed by atoms with Crippen LogP contribution in [0, 0.1) is 5.92 Å². The molecule has 1 heterocycles. The highest BCUT2D eigenvalue weighted by atomic mass is 16.6. The lowest BCUT2D eigenvalue weighted by Crippen LogP contribution is -2.41. The normalized spacial score (nSPS) is 25.6. The molecule has 21 heavy (non-hydrogen) atoms. The molecule has 2 aliphatic rings. The van der Waals surface area contributed by atoms with Crippen LogP contribution in [0.25, 0.3) is 0 Å². The lowest BCUT2D eigenvalue weighted by atomic mass is 10.00. The summed E-state index contributed by atoms with van der Waals surface area (Å²) in [6.45, 7) is 9.01. The second-order valence-electron chi connectivity index (χ2n) is 7.75. The Labute approximate surface area is 129 Å². The summed E-state index contributed by atoms with van der Waals surface area (Å²) >= 11 is 0. The molecule has 2 fully saturated rings. The van der Waals surface area contributed by atoms with Gasteiger partial charge in [-0.3, -0.25) is 0 Å². The number of rotatable bonds is 3. The van der Waals surface area contributed by atoms with E-state index in [1.165, 1.54) is 45.1 Å². The maximum atomic E-state index is 11.8.